The second kappa shape index (κ2) is 6.29. The number of hydrogen-bond acceptors (Lipinski definition) is 5. The van der Waals surface area contributed by atoms with Gasteiger partial charge in [-0.1, -0.05) is 0 Å². The van der Waals surface area contributed by atoms with Crippen LogP contribution in [0.5, 0.6) is 0 Å². The Kier molecular flexibility index (Phi) is 3.82. The van der Waals surface area contributed by atoms with E-state index in [9.17, 15) is 0 Å². The fourth-order valence-corrected chi connectivity index (χ4v) is 5.59. The van der Waals surface area contributed by atoms with Crippen LogP contribution >= 0.6 is 0 Å². The number of imidazole rings is 1. The van der Waals surface area contributed by atoms with E-state index in [1.807, 2.05) is 13.1 Å². The zero-order valence-corrected chi connectivity index (χ0v) is 16.6. The van der Waals surface area contributed by atoms with Gasteiger partial charge >= 0.3 is 0 Å². The first kappa shape index (κ1) is 17.0. The van der Waals surface area contributed by atoms with Gasteiger partial charge in [0.1, 0.15) is 11.6 Å². The minimum atomic E-state index is 0.608. The molecule has 6 rings (SSSR count). The molecule has 0 spiro atoms. The molecular weight excluding hydrogens is 350 g/mol. The molecule has 2 aromatic rings. The van der Waals surface area contributed by atoms with Crippen molar-refractivity contribution in [3.8, 4) is 11.3 Å². The van der Waals surface area contributed by atoms with Crippen molar-refractivity contribution in [2.24, 2.45) is 11.8 Å². The number of pyridine rings is 1. The predicted molar refractivity (Wildman–Crippen MR) is 108 cm³/mol. The van der Waals surface area contributed by atoms with E-state index in [0.717, 1.165) is 61.0 Å². The topological polar surface area (TPSA) is 69.2 Å². The van der Waals surface area contributed by atoms with Gasteiger partial charge in [-0.05, 0) is 56.1 Å². The summed E-state index contributed by atoms with van der Waals surface area (Å²) >= 11 is 0. The van der Waals surface area contributed by atoms with Crippen molar-refractivity contribution in [2.75, 3.05) is 32.0 Å². The van der Waals surface area contributed by atoms with Gasteiger partial charge < -0.3 is 15.0 Å². The Hall–Kier alpha value is -1.92. The number of ether oxygens (including phenoxy) is 1. The van der Waals surface area contributed by atoms with Crippen molar-refractivity contribution in [3.05, 3.63) is 29.8 Å². The molecule has 6 nitrogen and oxygen atoms in total. The summed E-state index contributed by atoms with van der Waals surface area (Å²) in [5.41, 5.74) is 9.08. The van der Waals surface area contributed by atoms with Crippen LogP contribution in [-0.4, -0.2) is 51.8 Å². The number of aromatic nitrogens is 3. The predicted octanol–water partition coefficient (Wildman–Crippen LogP) is 2.99. The number of fused-ring (bicyclic) bond motifs is 1. The summed E-state index contributed by atoms with van der Waals surface area (Å²) in [5, 5.41) is 0. The average Bonchev–Trinajstić information content (AvgIpc) is 3.59. The SMILES string of the molecule is Cc1cc(-c2cn([C@H]3[C@@H]4CC(N5CCOCC5)C[C@@H]43)c(C3CC3)n2)cnc1N. The molecule has 0 bridgehead atoms. The van der Waals surface area contributed by atoms with Crippen LogP contribution in [0.25, 0.3) is 11.3 Å². The van der Waals surface area contributed by atoms with Gasteiger partial charge in [-0.15, -0.1) is 0 Å². The molecule has 0 radical (unpaired) electrons. The van der Waals surface area contributed by atoms with E-state index >= 15 is 0 Å². The first-order chi connectivity index (χ1) is 13.7. The number of anilines is 1. The Morgan fingerprint density at radius 1 is 1.14 bits per heavy atom. The van der Waals surface area contributed by atoms with Gasteiger partial charge in [0.15, 0.2) is 0 Å². The molecule has 148 valence electrons. The van der Waals surface area contributed by atoms with Crippen molar-refractivity contribution < 1.29 is 4.74 Å². The Bertz CT molecular complexity index is 886. The molecule has 4 atom stereocenters. The molecular formula is C22H29N5O. The lowest BCUT2D eigenvalue weighted by atomic mass is 10.1. The van der Waals surface area contributed by atoms with Crippen LogP contribution in [0.4, 0.5) is 5.82 Å². The maximum Gasteiger partial charge on any atom is 0.126 e. The maximum absolute atomic E-state index is 5.91. The van der Waals surface area contributed by atoms with Crippen LogP contribution in [0, 0.1) is 18.8 Å². The zero-order valence-electron chi connectivity index (χ0n) is 16.6. The third-order valence-corrected chi connectivity index (χ3v) is 7.38. The number of nitrogens with zero attached hydrogens (tertiary/aromatic N) is 4. The number of morpholine rings is 1. The van der Waals surface area contributed by atoms with Crippen molar-refractivity contribution in [1.82, 2.24) is 19.4 Å². The van der Waals surface area contributed by atoms with Crippen LogP contribution < -0.4 is 5.73 Å². The molecule has 3 aliphatic carbocycles. The molecule has 2 N–H and O–H groups in total. The monoisotopic (exact) mass is 379 g/mol. The number of nitrogens with two attached hydrogens (primary N) is 1. The fourth-order valence-electron chi connectivity index (χ4n) is 5.59. The summed E-state index contributed by atoms with van der Waals surface area (Å²) in [6.45, 7) is 6.05. The van der Waals surface area contributed by atoms with E-state index < -0.39 is 0 Å². The van der Waals surface area contributed by atoms with E-state index in [1.54, 1.807) is 0 Å². The minimum absolute atomic E-state index is 0.608. The van der Waals surface area contributed by atoms with Crippen LogP contribution in [0.3, 0.4) is 0 Å². The highest BCUT2D eigenvalue weighted by Gasteiger charge is 2.58. The smallest absolute Gasteiger partial charge is 0.126 e. The summed E-state index contributed by atoms with van der Waals surface area (Å²) in [7, 11) is 0. The zero-order chi connectivity index (χ0) is 18.8. The molecule has 3 saturated carbocycles. The highest BCUT2D eigenvalue weighted by Crippen LogP contribution is 2.62. The summed E-state index contributed by atoms with van der Waals surface area (Å²) in [6.07, 6.45) is 9.42. The van der Waals surface area contributed by atoms with Crippen molar-refractivity contribution >= 4 is 5.82 Å². The second-order valence-corrected chi connectivity index (χ2v) is 9.18. The van der Waals surface area contributed by atoms with E-state index in [4.69, 9.17) is 15.5 Å². The summed E-state index contributed by atoms with van der Waals surface area (Å²) in [6, 6.07) is 3.55. The molecule has 1 unspecified atom stereocenters. The van der Waals surface area contributed by atoms with Gasteiger partial charge in [0.2, 0.25) is 0 Å². The van der Waals surface area contributed by atoms with Gasteiger partial charge in [0.05, 0.1) is 18.9 Å². The molecule has 4 aliphatic rings. The lowest BCUT2D eigenvalue weighted by Gasteiger charge is -2.33. The largest absolute Gasteiger partial charge is 0.383 e. The van der Waals surface area contributed by atoms with Crippen LogP contribution in [-0.2, 0) is 4.74 Å². The quantitative estimate of drug-likeness (QED) is 0.884. The second-order valence-electron chi connectivity index (χ2n) is 9.18. The van der Waals surface area contributed by atoms with Gasteiger partial charge in [-0.25, -0.2) is 9.97 Å². The average molecular weight is 380 g/mol. The molecule has 6 heteroatoms. The van der Waals surface area contributed by atoms with Gasteiger partial charge in [-0.2, -0.15) is 0 Å². The minimum Gasteiger partial charge on any atom is -0.383 e. The summed E-state index contributed by atoms with van der Waals surface area (Å²) in [5.74, 6) is 4.24. The number of nitrogen functional groups attached to an aromatic ring is 1. The summed E-state index contributed by atoms with van der Waals surface area (Å²) in [4.78, 5) is 12.1. The van der Waals surface area contributed by atoms with E-state index in [1.165, 1.54) is 31.5 Å². The van der Waals surface area contributed by atoms with Crippen LogP contribution in [0.2, 0.25) is 0 Å². The van der Waals surface area contributed by atoms with Crippen molar-refractivity contribution in [2.45, 2.75) is 50.6 Å². The van der Waals surface area contributed by atoms with Gasteiger partial charge in [0.25, 0.3) is 0 Å². The van der Waals surface area contributed by atoms with Gasteiger partial charge in [0, 0.05) is 49.0 Å². The molecule has 0 aromatic carbocycles. The Labute approximate surface area is 166 Å². The third kappa shape index (κ3) is 2.77. The molecule has 2 aromatic heterocycles. The van der Waals surface area contributed by atoms with Crippen LogP contribution in [0.15, 0.2) is 18.5 Å². The first-order valence-electron chi connectivity index (χ1n) is 10.8. The number of rotatable bonds is 4. The molecule has 4 fully saturated rings. The van der Waals surface area contributed by atoms with Gasteiger partial charge in [-0.3, -0.25) is 4.90 Å². The Morgan fingerprint density at radius 2 is 1.89 bits per heavy atom. The van der Waals surface area contributed by atoms with E-state index in [0.29, 0.717) is 17.8 Å². The molecule has 3 heterocycles. The summed E-state index contributed by atoms with van der Waals surface area (Å²) < 4.78 is 8.08. The lowest BCUT2D eigenvalue weighted by molar-refractivity contribution is 0.0146. The van der Waals surface area contributed by atoms with E-state index in [-0.39, 0.29) is 0 Å². The normalized spacial score (nSPS) is 32.5. The number of hydrogen-bond donors (Lipinski definition) is 1. The number of aryl methyl sites for hydroxylation is 1. The molecule has 1 aliphatic heterocycles. The maximum atomic E-state index is 5.91. The fraction of sp³-hybridized carbons (Fsp3) is 0.636. The standard InChI is InChI=1S/C22H29N5O/c1-13-8-15(11-24-21(13)23)19-12-27(22(25-19)14-2-3-14)20-17-9-16(10-18(17)20)26-4-6-28-7-5-26/h8,11-12,14,16-18,20H,2-7,9-10H2,1H3,(H2,23,24)/t16?,17-,18+,20+. The van der Waals surface area contributed by atoms with Crippen molar-refractivity contribution in [1.29, 1.82) is 0 Å². The van der Waals surface area contributed by atoms with E-state index in [2.05, 4.69) is 26.7 Å². The Balaban J connectivity index is 1.24. The highest BCUT2D eigenvalue weighted by molar-refractivity contribution is 5.61. The first-order valence-corrected chi connectivity index (χ1v) is 10.8. The third-order valence-electron chi connectivity index (χ3n) is 7.38. The Morgan fingerprint density at radius 3 is 2.57 bits per heavy atom. The molecule has 28 heavy (non-hydrogen) atoms. The molecule has 0 amide bonds. The highest BCUT2D eigenvalue weighted by atomic mass is 16.5. The van der Waals surface area contributed by atoms with Crippen molar-refractivity contribution in [3.63, 3.8) is 0 Å². The molecule has 1 saturated heterocycles. The lowest BCUT2D eigenvalue weighted by Crippen LogP contribution is -2.43. The van der Waals surface area contributed by atoms with Crippen LogP contribution in [0.1, 0.15) is 49.0 Å².